The fourth-order valence-electron chi connectivity index (χ4n) is 10.8. The third-order valence-electron chi connectivity index (χ3n) is 16.5. The maximum atomic E-state index is 13.1. The second kappa shape index (κ2) is 68.5. The van der Waals surface area contributed by atoms with Crippen LogP contribution in [0.5, 0.6) is 0 Å². The van der Waals surface area contributed by atoms with E-state index in [1.165, 1.54) is 218 Å². The van der Waals surface area contributed by atoms with Gasteiger partial charge in [-0.25, -0.2) is 4.57 Å². The molecule has 88 heavy (non-hydrogen) atoms. The fraction of sp³-hybridized carbons (Fsp3) is 0.759. The predicted molar refractivity (Wildman–Crippen MR) is 387 cm³/mol. The Morgan fingerprint density at radius 1 is 0.398 bits per heavy atom. The first-order chi connectivity index (χ1) is 43.0. The van der Waals surface area contributed by atoms with Crippen molar-refractivity contribution in [2.75, 3.05) is 40.9 Å². The highest BCUT2D eigenvalue weighted by molar-refractivity contribution is 7.47. The molecule has 510 valence electrons. The third kappa shape index (κ3) is 70.6. The Morgan fingerprint density at radius 3 is 1.00 bits per heavy atom. The molecule has 1 amide bonds. The van der Waals surface area contributed by atoms with E-state index in [9.17, 15) is 19.4 Å². The van der Waals surface area contributed by atoms with Crippen LogP contribution in [0.3, 0.4) is 0 Å². The van der Waals surface area contributed by atoms with Gasteiger partial charge in [-0.15, -0.1) is 0 Å². The molecule has 0 aliphatic rings. The van der Waals surface area contributed by atoms with Crippen LogP contribution in [-0.2, 0) is 18.4 Å². The third-order valence-corrected chi connectivity index (χ3v) is 17.5. The standard InChI is InChI=1S/C79H143N2O6P/c1-6-8-10-12-14-16-18-20-22-24-26-28-30-32-34-36-38-39-40-41-43-45-47-49-51-53-55-57-59-61-63-65-67-69-71-73-79(83)80-77(76-87-88(84,85)86-75-74-81(3,4)5)78(82)72-70-68-66-64-62-60-58-56-54-52-50-48-46-44-42-37-35-33-31-29-27-25-23-21-19-17-15-13-11-9-7-2/h8,10,14,16,20,22,26,28,32,34,38-39,41,43,47,49,70,72,77-78,82H,6-7,9,11-13,15,17-19,21,23-25,27,29-31,33,35-37,40,42,44-46,48,50-69,71,73-76H2,1-5H3,(H-,80,83,84,85)/p+1/b10-8-,16-14-,22-20-,28-26-,34-32-,39-38-,43-41-,49-47-,72-70+. The molecule has 0 rings (SSSR count). The van der Waals surface area contributed by atoms with Gasteiger partial charge in [0.2, 0.25) is 5.91 Å². The van der Waals surface area contributed by atoms with Gasteiger partial charge in [-0.05, 0) is 83.5 Å². The summed E-state index contributed by atoms with van der Waals surface area (Å²) in [5.74, 6) is -0.182. The minimum atomic E-state index is -4.36. The van der Waals surface area contributed by atoms with E-state index >= 15 is 0 Å². The summed E-state index contributed by atoms with van der Waals surface area (Å²) in [6, 6.07) is -0.858. The summed E-state index contributed by atoms with van der Waals surface area (Å²) in [4.78, 5) is 23.5. The number of unbranched alkanes of at least 4 members (excludes halogenated alkanes) is 39. The van der Waals surface area contributed by atoms with Gasteiger partial charge in [-0.2, -0.15) is 0 Å². The van der Waals surface area contributed by atoms with Crippen molar-refractivity contribution in [1.82, 2.24) is 5.32 Å². The van der Waals surface area contributed by atoms with E-state index in [1.807, 2.05) is 27.2 Å². The van der Waals surface area contributed by atoms with Gasteiger partial charge in [0.25, 0.3) is 0 Å². The van der Waals surface area contributed by atoms with E-state index in [2.05, 4.69) is 116 Å². The van der Waals surface area contributed by atoms with Crippen LogP contribution in [0.2, 0.25) is 0 Å². The largest absolute Gasteiger partial charge is 0.472 e. The average Bonchev–Trinajstić information content (AvgIpc) is 3.64. The lowest BCUT2D eigenvalue weighted by Gasteiger charge is -2.25. The monoisotopic (exact) mass is 1250 g/mol. The molecule has 8 nitrogen and oxygen atoms in total. The molecule has 0 fully saturated rings. The highest BCUT2D eigenvalue weighted by atomic mass is 31.2. The van der Waals surface area contributed by atoms with Crippen LogP contribution < -0.4 is 5.32 Å². The Bertz CT molecular complexity index is 1810. The predicted octanol–water partition coefficient (Wildman–Crippen LogP) is 24.2. The summed E-state index contributed by atoms with van der Waals surface area (Å²) >= 11 is 0. The van der Waals surface area contributed by atoms with E-state index < -0.39 is 20.0 Å². The number of nitrogens with one attached hydrogen (secondary N) is 1. The summed E-state index contributed by atoms with van der Waals surface area (Å²) in [6.45, 7) is 4.73. The molecule has 0 aromatic carbocycles. The average molecular weight is 1250 g/mol. The first-order valence-corrected chi connectivity index (χ1v) is 38.8. The number of quaternary nitrogens is 1. The normalized spacial score (nSPS) is 14.2. The number of rotatable bonds is 68. The first-order valence-electron chi connectivity index (χ1n) is 37.3. The zero-order chi connectivity index (χ0) is 64.1. The van der Waals surface area contributed by atoms with Crippen molar-refractivity contribution < 1.29 is 32.9 Å². The van der Waals surface area contributed by atoms with Crippen molar-refractivity contribution in [1.29, 1.82) is 0 Å². The number of likely N-dealkylation sites (N-methyl/N-ethyl adjacent to an activating group) is 1. The SMILES string of the molecule is CC/C=C\C/C=C\C/C=C\C/C=C\C/C=C\C/C=C\C/C=C\C/C=C\CCCCCCCCCCCCC(=O)NC(COP(=O)(O)OCC[N+](C)(C)C)C(O)/C=C/CCCCCCCCCCCCCCCCCCCCCCCCCCCCCCC. The Morgan fingerprint density at radius 2 is 0.682 bits per heavy atom. The maximum Gasteiger partial charge on any atom is 0.472 e. The van der Waals surface area contributed by atoms with E-state index in [-0.39, 0.29) is 19.1 Å². The van der Waals surface area contributed by atoms with Gasteiger partial charge in [-0.3, -0.25) is 13.8 Å². The molecule has 0 saturated heterocycles. The number of aliphatic hydroxyl groups excluding tert-OH is 1. The molecule has 0 radical (unpaired) electrons. The van der Waals surface area contributed by atoms with Gasteiger partial charge < -0.3 is 19.8 Å². The molecular weight excluding hydrogens is 1100 g/mol. The number of phosphoric ester groups is 1. The summed E-state index contributed by atoms with van der Waals surface area (Å²) in [6.07, 6.45) is 101. The summed E-state index contributed by atoms with van der Waals surface area (Å²) in [5.41, 5.74) is 0. The van der Waals surface area contributed by atoms with Gasteiger partial charge in [-0.1, -0.05) is 354 Å². The maximum absolute atomic E-state index is 13.1. The molecular formula is C79H144N2O6P+. The van der Waals surface area contributed by atoms with Crippen LogP contribution in [0.25, 0.3) is 0 Å². The van der Waals surface area contributed by atoms with E-state index in [1.54, 1.807) is 6.08 Å². The second-order valence-corrected chi connectivity index (χ2v) is 27.7. The summed E-state index contributed by atoms with van der Waals surface area (Å²) < 4.78 is 23.9. The topological polar surface area (TPSA) is 105 Å². The molecule has 3 unspecified atom stereocenters. The molecule has 3 N–H and O–H groups in total. The minimum absolute atomic E-state index is 0.0566. The van der Waals surface area contributed by atoms with Crippen LogP contribution in [0.15, 0.2) is 109 Å². The quantitative estimate of drug-likeness (QED) is 0.0243. The highest BCUT2D eigenvalue weighted by Gasteiger charge is 2.28. The van der Waals surface area contributed by atoms with E-state index in [0.717, 1.165) is 96.3 Å². The highest BCUT2D eigenvalue weighted by Crippen LogP contribution is 2.43. The summed E-state index contributed by atoms with van der Waals surface area (Å²) in [7, 11) is 1.57. The van der Waals surface area contributed by atoms with Crippen LogP contribution in [0.1, 0.15) is 335 Å². The number of allylic oxidation sites excluding steroid dienone is 17. The molecule has 0 heterocycles. The smallest absolute Gasteiger partial charge is 0.387 e. The van der Waals surface area contributed by atoms with Gasteiger partial charge in [0, 0.05) is 6.42 Å². The Balaban J connectivity index is 4.09. The van der Waals surface area contributed by atoms with Crippen molar-refractivity contribution in [3.05, 3.63) is 109 Å². The Labute approximate surface area is 546 Å². The van der Waals surface area contributed by atoms with Crippen LogP contribution in [0.4, 0.5) is 0 Å². The number of hydrogen-bond acceptors (Lipinski definition) is 5. The number of phosphoric acid groups is 1. The van der Waals surface area contributed by atoms with Crippen molar-refractivity contribution in [3.8, 4) is 0 Å². The molecule has 0 bridgehead atoms. The van der Waals surface area contributed by atoms with Gasteiger partial charge in [0.15, 0.2) is 0 Å². The number of nitrogens with zero attached hydrogens (tertiary/aromatic N) is 1. The molecule has 0 spiro atoms. The Kier molecular flexibility index (Phi) is 66.3. The molecule has 9 heteroatoms. The molecule has 0 saturated carbocycles. The number of aliphatic hydroxyl groups is 1. The number of hydrogen-bond donors (Lipinski definition) is 3. The van der Waals surface area contributed by atoms with Gasteiger partial charge >= 0.3 is 7.82 Å². The van der Waals surface area contributed by atoms with E-state index in [4.69, 9.17) is 9.05 Å². The van der Waals surface area contributed by atoms with Gasteiger partial charge in [0.05, 0.1) is 39.9 Å². The molecule has 0 aliphatic heterocycles. The number of carbonyl (C=O) groups excluding carboxylic acids is 1. The van der Waals surface area contributed by atoms with Crippen molar-refractivity contribution in [2.24, 2.45) is 0 Å². The minimum Gasteiger partial charge on any atom is -0.387 e. The lowest BCUT2D eigenvalue weighted by atomic mass is 10.0. The number of amides is 1. The van der Waals surface area contributed by atoms with Crippen LogP contribution in [-0.4, -0.2) is 73.4 Å². The number of carbonyl (C=O) groups is 1. The molecule has 3 atom stereocenters. The van der Waals surface area contributed by atoms with Crippen molar-refractivity contribution in [3.63, 3.8) is 0 Å². The second-order valence-electron chi connectivity index (χ2n) is 26.3. The zero-order valence-electron chi connectivity index (χ0n) is 58.4. The van der Waals surface area contributed by atoms with Crippen molar-refractivity contribution in [2.45, 2.75) is 347 Å². The van der Waals surface area contributed by atoms with Crippen molar-refractivity contribution >= 4 is 13.7 Å². The summed E-state index contributed by atoms with van der Waals surface area (Å²) in [5, 5.41) is 14.0. The van der Waals surface area contributed by atoms with Gasteiger partial charge in [0.1, 0.15) is 13.2 Å². The fourth-order valence-corrected chi connectivity index (χ4v) is 11.5. The molecule has 0 aromatic heterocycles. The molecule has 0 aromatic rings. The molecule has 0 aliphatic carbocycles. The van der Waals surface area contributed by atoms with Crippen LogP contribution in [0, 0.1) is 0 Å². The lowest BCUT2D eigenvalue weighted by Crippen LogP contribution is -2.45. The lowest BCUT2D eigenvalue weighted by molar-refractivity contribution is -0.870. The van der Waals surface area contributed by atoms with E-state index in [0.29, 0.717) is 17.4 Å². The van der Waals surface area contributed by atoms with Crippen LogP contribution >= 0.6 is 7.82 Å². The first kappa shape index (κ1) is 85.2. The Hall–Kier alpha value is -2.84. The zero-order valence-corrected chi connectivity index (χ0v) is 59.3.